The Kier molecular flexibility index (Phi) is 6.89. The number of hydrogen-bond donors (Lipinski definition) is 0. The first-order chi connectivity index (χ1) is 25.2. The van der Waals surface area contributed by atoms with Gasteiger partial charge in [-0.3, -0.25) is 9.97 Å². The van der Waals surface area contributed by atoms with Crippen molar-refractivity contribution in [2.75, 3.05) is 0 Å². The molecular formula is C49H34N2. The summed E-state index contributed by atoms with van der Waals surface area (Å²) >= 11 is 0. The topological polar surface area (TPSA) is 25.8 Å². The zero-order valence-electron chi connectivity index (χ0n) is 28.3. The first kappa shape index (κ1) is 29.5. The van der Waals surface area contributed by atoms with E-state index in [2.05, 4.69) is 164 Å². The molecule has 0 N–H and O–H groups in total. The summed E-state index contributed by atoms with van der Waals surface area (Å²) in [7, 11) is 0. The molecule has 0 saturated carbocycles. The summed E-state index contributed by atoms with van der Waals surface area (Å²) in [6.45, 7) is 2.35. The Hall–Kier alpha value is -6.38. The van der Waals surface area contributed by atoms with Crippen molar-refractivity contribution in [1.29, 1.82) is 0 Å². The summed E-state index contributed by atoms with van der Waals surface area (Å²) in [5.41, 5.74) is 11.6. The molecule has 51 heavy (non-hydrogen) atoms. The molecule has 0 fully saturated rings. The molecule has 2 heterocycles. The molecule has 2 aliphatic carbocycles. The van der Waals surface area contributed by atoms with Gasteiger partial charge in [0.15, 0.2) is 0 Å². The predicted octanol–water partition coefficient (Wildman–Crippen LogP) is 12.8. The van der Waals surface area contributed by atoms with Crippen molar-refractivity contribution in [3.8, 4) is 33.5 Å². The van der Waals surface area contributed by atoms with Gasteiger partial charge in [0.05, 0.1) is 11.2 Å². The second-order valence-electron chi connectivity index (χ2n) is 13.9. The van der Waals surface area contributed by atoms with Crippen LogP contribution in [0.2, 0.25) is 0 Å². The summed E-state index contributed by atoms with van der Waals surface area (Å²) in [6.07, 6.45) is 17.8. The Balaban J connectivity index is 1.19. The van der Waals surface area contributed by atoms with Crippen LogP contribution in [0.25, 0.3) is 82.3 Å². The van der Waals surface area contributed by atoms with E-state index in [0.29, 0.717) is 11.8 Å². The Bertz CT molecular complexity index is 2810. The molecule has 240 valence electrons. The van der Waals surface area contributed by atoms with Gasteiger partial charge in [-0.2, -0.15) is 0 Å². The van der Waals surface area contributed by atoms with E-state index in [-0.39, 0.29) is 0 Å². The minimum atomic E-state index is 0.389. The van der Waals surface area contributed by atoms with Crippen molar-refractivity contribution >= 4 is 48.8 Å². The van der Waals surface area contributed by atoms with Crippen molar-refractivity contribution in [3.05, 3.63) is 187 Å². The van der Waals surface area contributed by atoms with E-state index in [1.165, 1.54) is 60.2 Å². The molecule has 0 radical (unpaired) electrons. The number of rotatable bonds is 4. The average Bonchev–Trinajstić information content (AvgIpc) is 3.19. The lowest BCUT2D eigenvalue weighted by molar-refractivity contribution is 0.585. The van der Waals surface area contributed by atoms with Gasteiger partial charge in [0, 0.05) is 34.8 Å². The number of para-hydroxylation sites is 1. The van der Waals surface area contributed by atoms with Gasteiger partial charge in [-0.05, 0) is 102 Å². The van der Waals surface area contributed by atoms with Gasteiger partial charge in [-0.1, -0.05) is 140 Å². The maximum atomic E-state index is 4.95. The van der Waals surface area contributed by atoms with Crippen LogP contribution in [0.1, 0.15) is 12.5 Å². The van der Waals surface area contributed by atoms with Gasteiger partial charge in [0.25, 0.3) is 0 Å². The van der Waals surface area contributed by atoms with Crippen LogP contribution in [0.4, 0.5) is 0 Å². The maximum Gasteiger partial charge on any atom is 0.0718 e. The van der Waals surface area contributed by atoms with Crippen LogP contribution in [0, 0.1) is 11.8 Å². The van der Waals surface area contributed by atoms with Crippen molar-refractivity contribution in [2.45, 2.75) is 6.92 Å². The normalized spacial score (nSPS) is 16.8. The van der Waals surface area contributed by atoms with E-state index in [1.807, 2.05) is 24.5 Å². The SMILES string of the molecule is CC1C=C(c2c3ccccc3c(-c3ccc4ccccc4c3)c3ccc(-c4ccc(-c5cnc6ccccc6c5)nc4)cc23)C=C2C=CC=CC21. The molecule has 2 aliphatic rings. The second kappa shape index (κ2) is 11.9. The number of pyridine rings is 2. The molecule has 2 nitrogen and oxygen atoms in total. The smallest absolute Gasteiger partial charge is 0.0718 e. The van der Waals surface area contributed by atoms with Crippen LogP contribution in [0.3, 0.4) is 0 Å². The first-order valence-electron chi connectivity index (χ1n) is 17.8. The summed E-state index contributed by atoms with van der Waals surface area (Å²) < 4.78 is 0. The fraction of sp³-hybridized carbons (Fsp3) is 0.0612. The van der Waals surface area contributed by atoms with Crippen molar-refractivity contribution in [3.63, 3.8) is 0 Å². The lowest BCUT2D eigenvalue weighted by Gasteiger charge is -2.28. The minimum absolute atomic E-state index is 0.389. The Morgan fingerprint density at radius 1 is 0.510 bits per heavy atom. The van der Waals surface area contributed by atoms with Gasteiger partial charge >= 0.3 is 0 Å². The van der Waals surface area contributed by atoms with E-state index in [4.69, 9.17) is 4.98 Å². The monoisotopic (exact) mass is 650 g/mol. The summed E-state index contributed by atoms with van der Waals surface area (Å²) in [5, 5.41) is 8.66. The number of benzene rings is 6. The van der Waals surface area contributed by atoms with E-state index in [9.17, 15) is 0 Å². The quantitative estimate of drug-likeness (QED) is 0.177. The summed E-state index contributed by atoms with van der Waals surface area (Å²) in [6, 6.07) is 46.2. The lowest BCUT2D eigenvalue weighted by Crippen LogP contribution is -2.15. The van der Waals surface area contributed by atoms with E-state index >= 15 is 0 Å². The number of aromatic nitrogens is 2. The molecule has 0 amide bonds. The van der Waals surface area contributed by atoms with Gasteiger partial charge in [0.2, 0.25) is 0 Å². The van der Waals surface area contributed by atoms with E-state index < -0.39 is 0 Å². The van der Waals surface area contributed by atoms with Gasteiger partial charge in [-0.25, -0.2) is 0 Å². The molecule has 2 aromatic heterocycles. The summed E-state index contributed by atoms with van der Waals surface area (Å²) in [4.78, 5) is 9.62. The van der Waals surface area contributed by atoms with Crippen molar-refractivity contribution < 1.29 is 0 Å². The molecular weight excluding hydrogens is 617 g/mol. The highest BCUT2D eigenvalue weighted by Crippen LogP contribution is 2.46. The van der Waals surface area contributed by atoms with E-state index in [1.54, 1.807) is 0 Å². The Labute approximate surface area is 297 Å². The predicted molar refractivity (Wildman–Crippen MR) is 215 cm³/mol. The molecule has 10 rings (SSSR count). The molecule has 8 aromatic rings. The number of allylic oxidation sites excluding steroid dienone is 8. The molecule has 0 spiro atoms. The molecule has 2 heteroatoms. The molecule has 0 aliphatic heterocycles. The zero-order chi connectivity index (χ0) is 33.9. The largest absolute Gasteiger partial charge is 0.256 e. The Morgan fingerprint density at radius 2 is 1.22 bits per heavy atom. The second-order valence-corrected chi connectivity index (χ2v) is 13.9. The van der Waals surface area contributed by atoms with Crippen LogP contribution < -0.4 is 0 Å². The van der Waals surface area contributed by atoms with Crippen LogP contribution in [0.15, 0.2) is 182 Å². The fourth-order valence-electron chi connectivity index (χ4n) is 8.24. The maximum absolute atomic E-state index is 4.95. The first-order valence-corrected chi connectivity index (χ1v) is 17.8. The number of nitrogens with zero attached hydrogens (tertiary/aromatic N) is 2. The Morgan fingerprint density at radius 3 is 2.08 bits per heavy atom. The highest BCUT2D eigenvalue weighted by Gasteiger charge is 2.25. The molecule has 6 aromatic carbocycles. The summed E-state index contributed by atoms with van der Waals surface area (Å²) in [5.74, 6) is 0.797. The zero-order valence-corrected chi connectivity index (χ0v) is 28.3. The van der Waals surface area contributed by atoms with Gasteiger partial charge < -0.3 is 0 Å². The van der Waals surface area contributed by atoms with Crippen LogP contribution in [0.5, 0.6) is 0 Å². The highest BCUT2D eigenvalue weighted by molar-refractivity contribution is 6.20. The molecule has 0 bridgehead atoms. The minimum Gasteiger partial charge on any atom is -0.256 e. The average molecular weight is 651 g/mol. The molecule has 2 atom stereocenters. The third-order valence-electron chi connectivity index (χ3n) is 10.8. The highest BCUT2D eigenvalue weighted by atomic mass is 14.7. The van der Waals surface area contributed by atoms with E-state index in [0.717, 1.165) is 33.3 Å². The van der Waals surface area contributed by atoms with Gasteiger partial charge in [-0.15, -0.1) is 0 Å². The number of fused-ring (bicyclic) bond motifs is 5. The van der Waals surface area contributed by atoms with Gasteiger partial charge in [0.1, 0.15) is 0 Å². The number of hydrogen-bond acceptors (Lipinski definition) is 2. The van der Waals surface area contributed by atoms with Crippen LogP contribution in [-0.4, -0.2) is 9.97 Å². The van der Waals surface area contributed by atoms with Crippen LogP contribution in [-0.2, 0) is 0 Å². The van der Waals surface area contributed by atoms with Crippen molar-refractivity contribution in [1.82, 2.24) is 9.97 Å². The van der Waals surface area contributed by atoms with Crippen LogP contribution >= 0.6 is 0 Å². The fourth-order valence-corrected chi connectivity index (χ4v) is 8.24. The molecule has 0 saturated heterocycles. The molecule has 2 unspecified atom stereocenters. The standard InChI is InChI=1S/C49H34N2/c1-31-24-39(26-35-12-4-6-14-41(31)35)49-43-16-8-7-15-42(43)48(37-19-18-32-10-2-3-11-33(32)25-37)44-22-20-34(28-45(44)49)38-21-23-47(50-29-38)40-27-36-13-5-9-17-46(36)51-30-40/h2-31,41H,1H3. The lowest BCUT2D eigenvalue weighted by atomic mass is 9.76. The third-order valence-corrected chi connectivity index (χ3v) is 10.8. The van der Waals surface area contributed by atoms with Crippen molar-refractivity contribution in [2.24, 2.45) is 11.8 Å². The third kappa shape index (κ3) is 5.03.